The van der Waals surface area contributed by atoms with Gasteiger partial charge in [0.15, 0.2) is 0 Å². The molecule has 0 bridgehead atoms. The van der Waals surface area contributed by atoms with Crippen molar-refractivity contribution in [2.75, 3.05) is 6.61 Å². The van der Waals surface area contributed by atoms with Crippen molar-refractivity contribution in [3.63, 3.8) is 0 Å². The van der Waals surface area contributed by atoms with Gasteiger partial charge in [-0.25, -0.2) is 4.98 Å². The molecule has 2 aromatic rings. The molecule has 0 saturated heterocycles. The van der Waals surface area contributed by atoms with E-state index < -0.39 is 0 Å². The number of aromatic nitrogens is 1. The molecule has 5 heteroatoms. The van der Waals surface area contributed by atoms with E-state index in [0.717, 1.165) is 0 Å². The number of rotatable bonds is 3. The van der Waals surface area contributed by atoms with Crippen LogP contribution in [-0.2, 0) is 0 Å². The number of hydrogen-bond donors (Lipinski definition) is 2. The zero-order chi connectivity index (χ0) is 15.2. The molecule has 1 amide bonds. The summed E-state index contributed by atoms with van der Waals surface area (Å²) in [5.41, 5.74) is 1.17. The SMILES string of the molecule is Cc1cnc(C(C)NC(=O)c2cccc(C#CCO)c2)o1. The monoisotopic (exact) mass is 284 g/mol. The van der Waals surface area contributed by atoms with Crippen molar-refractivity contribution in [3.05, 3.63) is 53.2 Å². The molecule has 2 rings (SSSR count). The first-order valence-electron chi connectivity index (χ1n) is 6.53. The highest BCUT2D eigenvalue weighted by Crippen LogP contribution is 2.13. The molecule has 0 aliphatic carbocycles. The van der Waals surface area contributed by atoms with E-state index in [9.17, 15) is 4.79 Å². The molecular formula is C16H16N2O3. The summed E-state index contributed by atoms with van der Waals surface area (Å²) in [5.74, 6) is 6.26. The van der Waals surface area contributed by atoms with Crippen molar-refractivity contribution in [2.24, 2.45) is 0 Å². The summed E-state index contributed by atoms with van der Waals surface area (Å²) in [6, 6.07) is 6.58. The smallest absolute Gasteiger partial charge is 0.251 e. The van der Waals surface area contributed by atoms with Gasteiger partial charge in [0.05, 0.1) is 6.20 Å². The van der Waals surface area contributed by atoms with Gasteiger partial charge in [-0.15, -0.1) is 0 Å². The Bertz CT molecular complexity index is 695. The van der Waals surface area contributed by atoms with Gasteiger partial charge in [-0.3, -0.25) is 4.79 Å². The first kappa shape index (κ1) is 14.8. The Labute approximate surface area is 123 Å². The molecule has 2 N–H and O–H groups in total. The number of aliphatic hydroxyl groups is 1. The Hall–Kier alpha value is -2.58. The molecule has 0 aliphatic rings. The predicted octanol–water partition coefficient (Wildman–Crippen LogP) is 1.82. The van der Waals surface area contributed by atoms with Crippen molar-refractivity contribution in [1.82, 2.24) is 10.3 Å². The number of amides is 1. The second-order valence-electron chi connectivity index (χ2n) is 4.54. The lowest BCUT2D eigenvalue weighted by atomic mass is 10.1. The molecule has 0 radical (unpaired) electrons. The van der Waals surface area contributed by atoms with Gasteiger partial charge in [-0.05, 0) is 32.0 Å². The standard InChI is InChI=1S/C16H16N2O3/c1-11-10-17-16(21-11)12(2)18-15(20)14-7-3-5-13(9-14)6-4-8-19/h3,5,7,9-10,12,19H,8H2,1-2H3,(H,18,20). The Morgan fingerprint density at radius 2 is 2.33 bits per heavy atom. The van der Waals surface area contributed by atoms with Crippen LogP contribution in [0.4, 0.5) is 0 Å². The first-order chi connectivity index (χ1) is 10.1. The molecule has 1 atom stereocenters. The van der Waals surface area contributed by atoms with Crippen LogP contribution < -0.4 is 5.32 Å². The summed E-state index contributed by atoms with van der Waals surface area (Å²) in [5, 5.41) is 11.5. The summed E-state index contributed by atoms with van der Waals surface area (Å²) in [7, 11) is 0. The minimum Gasteiger partial charge on any atom is -0.444 e. The van der Waals surface area contributed by atoms with Gasteiger partial charge in [0.25, 0.3) is 5.91 Å². The van der Waals surface area contributed by atoms with Gasteiger partial charge in [-0.2, -0.15) is 0 Å². The largest absolute Gasteiger partial charge is 0.444 e. The van der Waals surface area contributed by atoms with Crippen LogP contribution in [0.25, 0.3) is 0 Å². The van der Waals surface area contributed by atoms with E-state index in [0.29, 0.717) is 22.8 Å². The van der Waals surface area contributed by atoms with E-state index in [-0.39, 0.29) is 18.6 Å². The molecule has 1 unspecified atom stereocenters. The normalized spacial score (nSPS) is 11.4. The van der Waals surface area contributed by atoms with Crippen LogP contribution in [0.1, 0.15) is 40.5 Å². The number of nitrogens with zero attached hydrogens (tertiary/aromatic N) is 1. The number of benzene rings is 1. The lowest BCUT2D eigenvalue weighted by Crippen LogP contribution is -2.26. The summed E-state index contributed by atoms with van der Waals surface area (Å²) >= 11 is 0. The summed E-state index contributed by atoms with van der Waals surface area (Å²) in [4.78, 5) is 16.3. The van der Waals surface area contributed by atoms with Crippen LogP contribution >= 0.6 is 0 Å². The van der Waals surface area contributed by atoms with Crippen LogP contribution in [0.3, 0.4) is 0 Å². The molecule has 0 fully saturated rings. The van der Waals surface area contributed by atoms with E-state index in [2.05, 4.69) is 22.1 Å². The summed E-state index contributed by atoms with van der Waals surface area (Å²) in [6.45, 7) is 3.39. The van der Waals surface area contributed by atoms with E-state index in [1.807, 2.05) is 0 Å². The van der Waals surface area contributed by atoms with Crippen molar-refractivity contribution in [3.8, 4) is 11.8 Å². The van der Waals surface area contributed by atoms with Crippen molar-refractivity contribution in [1.29, 1.82) is 0 Å². The van der Waals surface area contributed by atoms with Gasteiger partial charge in [0.1, 0.15) is 18.4 Å². The summed E-state index contributed by atoms with van der Waals surface area (Å²) in [6.07, 6.45) is 1.61. The van der Waals surface area contributed by atoms with Crippen molar-refractivity contribution in [2.45, 2.75) is 19.9 Å². The Morgan fingerprint density at radius 3 is 3.00 bits per heavy atom. The minimum atomic E-state index is -0.321. The second kappa shape index (κ2) is 6.73. The fourth-order valence-corrected chi connectivity index (χ4v) is 1.79. The third kappa shape index (κ3) is 3.94. The topological polar surface area (TPSA) is 75.4 Å². The highest BCUT2D eigenvalue weighted by molar-refractivity contribution is 5.94. The maximum atomic E-state index is 12.2. The second-order valence-corrected chi connectivity index (χ2v) is 4.54. The molecular weight excluding hydrogens is 268 g/mol. The maximum absolute atomic E-state index is 12.2. The van der Waals surface area contributed by atoms with Crippen LogP contribution in [0.2, 0.25) is 0 Å². The number of nitrogens with one attached hydrogen (secondary N) is 1. The van der Waals surface area contributed by atoms with E-state index in [1.54, 1.807) is 44.3 Å². The van der Waals surface area contributed by atoms with E-state index in [1.165, 1.54) is 0 Å². The Morgan fingerprint density at radius 1 is 1.52 bits per heavy atom. The molecule has 1 aromatic carbocycles. The number of aryl methyl sites for hydroxylation is 1. The zero-order valence-electron chi connectivity index (χ0n) is 11.9. The molecule has 1 aromatic heterocycles. The third-order valence-corrected chi connectivity index (χ3v) is 2.79. The van der Waals surface area contributed by atoms with Gasteiger partial charge in [-0.1, -0.05) is 17.9 Å². The molecule has 21 heavy (non-hydrogen) atoms. The van der Waals surface area contributed by atoms with Crippen molar-refractivity contribution < 1.29 is 14.3 Å². The minimum absolute atomic E-state index is 0.211. The van der Waals surface area contributed by atoms with Crippen LogP contribution in [0.5, 0.6) is 0 Å². The van der Waals surface area contributed by atoms with Gasteiger partial charge in [0, 0.05) is 11.1 Å². The van der Waals surface area contributed by atoms with Gasteiger partial charge in [0.2, 0.25) is 5.89 Å². The summed E-state index contributed by atoms with van der Waals surface area (Å²) < 4.78 is 5.38. The Kier molecular flexibility index (Phi) is 4.75. The van der Waals surface area contributed by atoms with Crippen LogP contribution in [0, 0.1) is 18.8 Å². The highest BCUT2D eigenvalue weighted by Gasteiger charge is 2.15. The van der Waals surface area contributed by atoms with E-state index in [4.69, 9.17) is 9.52 Å². The quantitative estimate of drug-likeness (QED) is 0.843. The average Bonchev–Trinajstić information content (AvgIpc) is 2.92. The fourth-order valence-electron chi connectivity index (χ4n) is 1.79. The number of hydrogen-bond acceptors (Lipinski definition) is 4. The van der Waals surface area contributed by atoms with Crippen LogP contribution in [0.15, 0.2) is 34.9 Å². The van der Waals surface area contributed by atoms with Crippen molar-refractivity contribution >= 4 is 5.91 Å². The maximum Gasteiger partial charge on any atom is 0.251 e. The molecule has 1 heterocycles. The Balaban J connectivity index is 2.09. The van der Waals surface area contributed by atoms with Crippen LogP contribution in [-0.4, -0.2) is 22.6 Å². The lowest BCUT2D eigenvalue weighted by molar-refractivity contribution is 0.0934. The molecule has 0 spiro atoms. The number of carbonyl (C=O) groups is 1. The molecule has 0 aliphatic heterocycles. The number of oxazole rings is 1. The van der Waals surface area contributed by atoms with Gasteiger partial charge < -0.3 is 14.8 Å². The highest BCUT2D eigenvalue weighted by atomic mass is 16.4. The first-order valence-corrected chi connectivity index (χ1v) is 6.53. The molecule has 5 nitrogen and oxygen atoms in total. The predicted molar refractivity (Wildman–Crippen MR) is 77.5 cm³/mol. The molecule has 108 valence electrons. The number of aliphatic hydroxyl groups excluding tert-OH is 1. The number of carbonyl (C=O) groups excluding carboxylic acids is 1. The third-order valence-electron chi connectivity index (χ3n) is 2.79. The lowest BCUT2D eigenvalue weighted by Gasteiger charge is -2.10. The fraction of sp³-hybridized carbons (Fsp3) is 0.250. The van der Waals surface area contributed by atoms with Gasteiger partial charge >= 0.3 is 0 Å². The van der Waals surface area contributed by atoms with E-state index >= 15 is 0 Å². The average molecular weight is 284 g/mol. The molecule has 0 saturated carbocycles. The zero-order valence-corrected chi connectivity index (χ0v) is 11.9.